The minimum absolute atomic E-state index is 0.0714. The van der Waals surface area contributed by atoms with Crippen molar-refractivity contribution in [3.8, 4) is 17.2 Å². The number of carbonyl (C=O) groups excluding carboxylic acids is 2. The number of methoxy groups -OCH3 is 1. The molecule has 2 aromatic rings. The number of rotatable bonds is 4. The van der Waals surface area contributed by atoms with Gasteiger partial charge in [0.05, 0.1) is 13.2 Å². The van der Waals surface area contributed by atoms with E-state index in [0.717, 1.165) is 0 Å². The van der Waals surface area contributed by atoms with Crippen molar-refractivity contribution in [1.29, 1.82) is 0 Å². The predicted octanol–water partition coefficient (Wildman–Crippen LogP) is 2.53. The Morgan fingerprint density at radius 2 is 1.84 bits per heavy atom. The fraction of sp³-hybridized carbons (Fsp3) is 0.300. The molecule has 2 amide bonds. The molecule has 31 heavy (non-hydrogen) atoms. The Hall–Kier alpha value is -3.47. The molecule has 11 heteroatoms. The second-order valence-electron chi connectivity index (χ2n) is 7.02. The second kappa shape index (κ2) is 7.34. The first-order valence-electron chi connectivity index (χ1n) is 9.09. The summed E-state index contributed by atoms with van der Waals surface area (Å²) >= 11 is 0. The SMILES string of the molecule is COc1ccc(C(=O)C2C(c3ccc4c(c3)OCO4)NC(=O)NC2(O)C(F)(F)F)cc1. The van der Waals surface area contributed by atoms with Crippen molar-refractivity contribution in [2.75, 3.05) is 13.9 Å². The van der Waals surface area contributed by atoms with Gasteiger partial charge in [-0.25, -0.2) is 4.79 Å². The number of aliphatic hydroxyl groups is 1. The van der Waals surface area contributed by atoms with Crippen molar-refractivity contribution in [2.45, 2.75) is 17.9 Å². The average molecular weight is 438 g/mol. The van der Waals surface area contributed by atoms with E-state index in [2.05, 4.69) is 5.32 Å². The van der Waals surface area contributed by atoms with Crippen molar-refractivity contribution < 1.29 is 42.1 Å². The van der Waals surface area contributed by atoms with Crippen LogP contribution in [0.3, 0.4) is 0 Å². The third-order valence-corrected chi connectivity index (χ3v) is 5.22. The van der Waals surface area contributed by atoms with Crippen LogP contribution in [0.1, 0.15) is 22.0 Å². The summed E-state index contributed by atoms with van der Waals surface area (Å²) in [6, 6.07) is 6.81. The van der Waals surface area contributed by atoms with Crippen molar-refractivity contribution in [2.24, 2.45) is 5.92 Å². The van der Waals surface area contributed by atoms with E-state index in [4.69, 9.17) is 14.2 Å². The van der Waals surface area contributed by atoms with Gasteiger partial charge in [-0.15, -0.1) is 0 Å². The molecule has 8 nitrogen and oxygen atoms in total. The average Bonchev–Trinajstić information content (AvgIpc) is 3.20. The zero-order valence-corrected chi connectivity index (χ0v) is 16.0. The number of Topliss-reactive ketones (excluding diaryl/α,β-unsaturated/α-hetero) is 1. The van der Waals surface area contributed by atoms with Crippen LogP contribution in [0.15, 0.2) is 42.5 Å². The molecule has 3 unspecified atom stereocenters. The van der Waals surface area contributed by atoms with Crippen LogP contribution in [-0.2, 0) is 0 Å². The Labute approximate surface area is 173 Å². The first-order chi connectivity index (χ1) is 14.6. The van der Waals surface area contributed by atoms with Gasteiger partial charge in [-0.05, 0) is 42.0 Å². The van der Waals surface area contributed by atoms with Crippen LogP contribution in [0.2, 0.25) is 0 Å². The largest absolute Gasteiger partial charge is 0.497 e. The lowest BCUT2D eigenvalue weighted by atomic mass is 9.77. The number of nitrogens with one attached hydrogen (secondary N) is 2. The molecule has 3 N–H and O–H groups in total. The first kappa shape index (κ1) is 20.8. The molecule has 0 spiro atoms. The summed E-state index contributed by atoms with van der Waals surface area (Å²) < 4.78 is 57.3. The summed E-state index contributed by atoms with van der Waals surface area (Å²) in [5, 5.41) is 14.4. The van der Waals surface area contributed by atoms with Crippen LogP contribution < -0.4 is 24.8 Å². The summed E-state index contributed by atoms with van der Waals surface area (Å²) in [7, 11) is 1.40. The van der Waals surface area contributed by atoms with E-state index < -0.39 is 35.7 Å². The van der Waals surface area contributed by atoms with E-state index in [9.17, 15) is 27.9 Å². The lowest BCUT2D eigenvalue weighted by Crippen LogP contribution is -2.72. The van der Waals surface area contributed by atoms with Gasteiger partial charge in [0.15, 0.2) is 17.3 Å². The number of alkyl halides is 3. The Balaban J connectivity index is 1.82. The van der Waals surface area contributed by atoms with Crippen molar-refractivity contribution in [3.05, 3.63) is 53.6 Å². The summed E-state index contributed by atoms with van der Waals surface area (Å²) in [6.45, 7) is -0.0714. The number of benzene rings is 2. The monoisotopic (exact) mass is 438 g/mol. The van der Waals surface area contributed by atoms with E-state index in [0.29, 0.717) is 11.5 Å². The molecular weight excluding hydrogens is 421 g/mol. The van der Waals surface area contributed by atoms with E-state index in [1.54, 1.807) is 0 Å². The quantitative estimate of drug-likeness (QED) is 0.634. The maximum Gasteiger partial charge on any atom is 0.437 e. The van der Waals surface area contributed by atoms with E-state index in [-0.39, 0.29) is 23.7 Å². The maximum absolute atomic E-state index is 13.9. The first-order valence-corrected chi connectivity index (χ1v) is 9.09. The van der Waals surface area contributed by atoms with Crippen LogP contribution >= 0.6 is 0 Å². The highest BCUT2D eigenvalue weighted by Crippen LogP contribution is 2.45. The van der Waals surface area contributed by atoms with E-state index >= 15 is 0 Å². The van der Waals surface area contributed by atoms with Crippen molar-refractivity contribution in [1.82, 2.24) is 10.6 Å². The number of ether oxygens (including phenoxy) is 3. The standard InChI is InChI=1S/C20H17F3N2O6/c1-29-12-5-2-10(3-6-12)17(26)15-16(11-4-7-13-14(8-11)31-9-30-13)24-18(27)25-19(15,28)20(21,22)23/h2-8,15-16,28H,9H2,1H3,(H2,24,25,27). The van der Waals surface area contributed by atoms with Gasteiger partial charge < -0.3 is 30.0 Å². The highest BCUT2D eigenvalue weighted by atomic mass is 19.4. The molecule has 0 aliphatic carbocycles. The van der Waals surface area contributed by atoms with Gasteiger partial charge in [0.1, 0.15) is 11.7 Å². The summed E-state index contributed by atoms with van der Waals surface area (Å²) in [5.41, 5.74) is -3.78. The van der Waals surface area contributed by atoms with Gasteiger partial charge in [-0.3, -0.25) is 4.79 Å². The number of ketones is 1. The van der Waals surface area contributed by atoms with Gasteiger partial charge in [-0.1, -0.05) is 6.07 Å². The van der Waals surface area contributed by atoms with Gasteiger partial charge >= 0.3 is 12.2 Å². The maximum atomic E-state index is 13.9. The van der Waals surface area contributed by atoms with Gasteiger partial charge in [-0.2, -0.15) is 13.2 Å². The number of hydrogen-bond acceptors (Lipinski definition) is 6. The van der Waals surface area contributed by atoms with Gasteiger partial charge in [0.2, 0.25) is 12.5 Å². The number of fused-ring (bicyclic) bond motifs is 1. The van der Waals surface area contributed by atoms with E-state index in [1.807, 2.05) is 0 Å². The summed E-state index contributed by atoms with van der Waals surface area (Å²) in [4.78, 5) is 25.3. The minimum Gasteiger partial charge on any atom is -0.497 e. The molecule has 164 valence electrons. The van der Waals surface area contributed by atoms with Gasteiger partial charge in [0, 0.05) is 5.56 Å². The lowest BCUT2D eigenvalue weighted by molar-refractivity contribution is -0.287. The number of halogens is 3. The van der Waals surface area contributed by atoms with Crippen LogP contribution in [0.5, 0.6) is 17.2 Å². The highest BCUT2D eigenvalue weighted by molar-refractivity contribution is 6.00. The molecule has 0 saturated carbocycles. The lowest BCUT2D eigenvalue weighted by Gasteiger charge is -2.45. The molecule has 0 radical (unpaired) electrons. The summed E-state index contributed by atoms with van der Waals surface area (Å²) in [6.07, 6.45) is -5.34. The van der Waals surface area contributed by atoms with Crippen LogP contribution in [0, 0.1) is 5.92 Å². The zero-order chi connectivity index (χ0) is 22.4. The number of amides is 2. The Bertz CT molecular complexity index is 1030. The number of urea groups is 1. The topological polar surface area (TPSA) is 106 Å². The Kier molecular flexibility index (Phi) is 4.92. The summed E-state index contributed by atoms with van der Waals surface area (Å²) in [5.74, 6) is -2.16. The zero-order valence-electron chi connectivity index (χ0n) is 16.0. The molecule has 2 heterocycles. The molecule has 3 atom stereocenters. The molecular formula is C20H17F3N2O6. The fourth-order valence-electron chi connectivity index (χ4n) is 3.66. The minimum atomic E-state index is -5.34. The Morgan fingerprint density at radius 1 is 1.16 bits per heavy atom. The van der Waals surface area contributed by atoms with Gasteiger partial charge in [0.25, 0.3) is 0 Å². The molecule has 2 aromatic carbocycles. The van der Waals surface area contributed by atoms with E-state index in [1.165, 1.54) is 54.9 Å². The molecule has 2 aliphatic heterocycles. The van der Waals surface area contributed by atoms with Crippen LogP contribution in [0.25, 0.3) is 0 Å². The molecule has 4 rings (SSSR count). The third-order valence-electron chi connectivity index (χ3n) is 5.22. The smallest absolute Gasteiger partial charge is 0.437 e. The van der Waals surface area contributed by atoms with Crippen LogP contribution in [-0.4, -0.2) is 42.7 Å². The molecule has 1 saturated heterocycles. The second-order valence-corrected chi connectivity index (χ2v) is 7.02. The number of carbonyl (C=O) groups is 2. The Morgan fingerprint density at radius 3 is 2.48 bits per heavy atom. The normalized spacial score (nSPS) is 24.9. The highest BCUT2D eigenvalue weighted by Gasteiger charge is 2.66. The fourth-order valence-corrected chi connectivity index (χ4v) is 3.66. The van der Waals surface area contributed by atoms with Crippen molar-refractivity contribution in [3.63, 3.8) is 0 Å². The number of hydrogen-bond donors (Lipinski definition) is 3. The molecule has 2 aliphatic rings. The van der Waals surface area contributed by atoms with Crippen LogP contribution in [0.4, 0.5) is 18.0 Å². The third kappa shape index (κ3) is 3.50. The predicted molar refractivity (Wildman–Crippen MR) is 98.8 cm³/mol. The molecule has 0 bridgehead atoms. The van der Waals surface area contributed by atoms with Crippen molar-refractivity contribution >= 4 is 11.8 Å². The molecule has 1 fully saturated rings. The molecule has 0 aromatic heterocycles.